The van der Waals surface area contributed by atoms with Gasteiger partial charge < -0.3 is 10.1 Å². The van der Waals surface area contributed by atoms with Crippen molar-refractivity contribution in [3.05, 3.63) is 53.9 Å². The molecule has 0 aliphatic rings. The number of carbonyl (C=O) groups is 1. The monoisotopic (exact) mass is 313 g/mol. The first-order chi connectivity index (χ1) is 10.8. The largest absolute Gasteiger partial charge is 0.444 e. The number of rotatable bonds is 4. The average molecular weight is 313 g/mol. The molecule has 23 heavy (non-hydrogen) atoms. The van der Waals surface area contributed by atoms with E-state index >= 15 is 0 Å². The first kappa shape index (κ1) is 16.8. The lowest BCUT2D eigenvalue weighted by Crippen LogP contribution is -2.32. The molecule has 0 unspecified atom stereocenters. The number of para-hydroxylation sites is 1. The molecule has 0 fully saturated rings. The van der Waals surface area contributed by atoms with Crippen molar-refractivity contribution >= 4 is 12.2 Å². The summed E-state index contributed by atoms with van der Waals surface area (Å²) in [5.41, 5.74) is 2.71. The molecule has 0 spiro atoms. The van der Waals surface area contributed by atoms with Gasteiger partial charge in [0.25, 0.3) is 0 Å². The number of ether oxygens (including phenoxy) is 1. The van der Waals surface area contributed by atoms with Crippen LogP contribution in [-0.2, 0) is 4.74 Å². The fourth-order valence-electron chi connectivity index (χ4n) is 2.03. The van der Waals surface area contributed by atoms with Gasteiger partial charge in [-0.2, -0.15) is 5.10 Å². The number of aryl methyl sites for hydroxylation is 1. The van der Waals surface area contributed by atoms with Crippen LogP contribution in [0.1, 0.15) is 31.9 Å². The number of aromatic nitrogens is 2. The molecule has 1 heterocycles. The summed E-state index contributed by atoms with van der Waals surface area (Å²) in [5.74, 6) is 0. The van der Waals surface area contributed by atoms with E-state index in [-0.39, 0.29) is 0 Å². The number of nitrogens with zero attached hydrogens (tertiary/aromatic N) is 2. The van der Waals surface area contributed by atoms with Crippen LogP contribution in [0.4, 0.5) is 4.79 Å². The molecular formula is C18H23N3O2. The minimum Gasteiger partial charge on any atom is -0.444 e. The lowest BCUT2D eigenvalue weighted by Gasteiger charge is -2.19. The number of amides is 1. The molecule has 0 saturated heterocycles. The Hall–Kier alpha value is -2.56. The van der Waals surface area contributed by atoms with Crippen molar-refractivity contribution < 1.29 is 9.53 Å². The van der Waals surface area contributed by atoms with Gasteiger partial charge in [-0.1, -0.05) is 30.4 Å². The molecule has 0 aliphatic heterocycles. The van der Waals surface area contributed by atoms with E-state index in [0.717, 1.165) is 16.8 Å². The first-order valence-electron chi connectivity index (χ1n) is 7.59. The van der Waals surface area contributed by atoms with Gasteiger partial charge in [0.15, 0.2) is 0 Å². The zero-order valence-electron chi connectivity index (χ0n) is 14.0. The number of carbonyl (C=O) groups excluding carboxylic acids is 1. The second-order valence-corrected chi connectivity index (χ2v) is 6.29. The van der Waals surface area contributed by atoms with Crippen molar-refractivity contribution in [2.45, 2.75) is 33.3 Å². The Morgan fingerprint density at radius 1 is 1.35 bits per heavy atom. The van der Waals surface area contributed by atoms with Crippen molar-refractivity contribution in [3.8, 4) is 5.69 Å². The third kappa shape index (κ3) is 5.29. The third-order valence-electron chi connectivity index (χ3n) is 3.04. The molecule has 0 atom stereocenters. The summed E-state index contributed by atoms with van der Waals surface area (Å²) in [7, 11) is 0. The fraction of sp³-hybridized carbons (Fsp3) is 0.333. The van der Waals surface area contributed by atoms with Crippen LogP contribution in [-0.4, -0.2) is 28.0 Å². The minimum atomic E-state index is -0.484. The standard InChI is InChI=1S/C18H23N3O2/c1-14-8-5-6-10-16(14)21-13-15(12-20-21)9-7-11-19-17(22)23-18(2,3)4/h5-10,12-13H,11H2,1-4H3,(H,19,22). The number of alkyl carbamates (subject to hydrolysis) is 1. The van der Waals surface area contributed by atoms with Gasteiger partial charge in [0.1, 0.15) is 5.60 Å². The van der Waals surface area contributed by atoms with E-state index in [0.29, 0.717) is 6.54 Å². The Balaban J connectivity index is 1.90. The number of hydrogen-bond acceptors (Lipinski definition) is 3. The lowest BCUT2D eigenvalue weighted by molar-refractivity contribution is 0.0534. The van der Waals surface area contributed by atoms with Crippen molar-refractivity contribution in [2.75, 3.05) is 6.54 Å². The molecule has 1 N–H and O–H groups in total. The van der Waals surface area contributed by atoms with Crippen molar-refractivity contribution in [1.82, 2.24) is 15.1 Å². The van der Waals surface area contributed by atoms with Gasteiger partial charge in [-0.25, -0.2) is 9.48 Å². The van der Waals surface area contributed by atoms with E-state index < -0.39 is 11.7 Å². The van der Waals surface area contributed by atoms with Crippen LogP contribution in [0.5, 0.6) is 0 Å². The van der Waals surface area contributed by atoms with Crippen LogP contribution in [0, 0.1) is 6.92 Å². The molecule has 2 aromatic rings. The maximum atomic E-state index is 11.5. The Morgan fingerprint density at radius 2 is 2.09 bits per heavy atom. The zero-order chi connectivity index (χ0) is 16.9. The summed E-state index contributed by atoms with van der Waals surface area (Å²) >= 11 is 0. The molecule has 0 bridgehead atoms. The Labute approximate surface area is 137 Å². The predicted molar refractivity (Wildman–Crippen MR) is 91.6 cm³/mol. The zero-order valence-corrected chi connectivity index (χ0v) is 14.0. The van der Waals surface area contributed by atoms with Gasteiger partial charge in [0.2, 0.25) is 0 Å². The molecule has 1 amide bonds. The van der Waals surface area contributed by atoms with Crippen LogP contribution in [0.25, 0.3) is 11.8 Å². The van der Waals surface area contributed by atoms with E-state index in [4.69, 9.17) is 4.74 Å². The molecule has 0 aliphatic carbocycles. The van der Waals surface area contributed by atoms with Gasteiger partial charge >= 0.3 is 6.09 Å². The predicted octanol–water partition coefficient (Wildman–Crippen LogP) is 3.72. The topological polar surface area (TPSA) is 56.2 Å². The third-order valence-corrected chi connectivity index (χ3v) is 3.04. The number of nitrogens with one attached hydrogen (secondary N) is 1. The van der Waals surface area contributed by atoms with Crippen LogP contribution in [0.3, 0.4) is 0 Å². The summed E-state index contributed by atoms with van der Waals surface area (Å²) < 4.78 is 7.01. The van der Waals surface area contributed by atoms with E-state index in [1.807, 2.05) is 62.0 Å². The molecule has 5 nitrogen and oxygen atoms in total. The maximum absolute atomic E-state index is 11.5. The van der Waals surface area contributed by atoms with Crippen LogP contribution in [0.2, 0.25) is 0 Å². The fourth-order valence-corrected chi connectivity index (χ4v) is 2.03. The van der Waals surface area contributed by atoms with Gasteiger partial charge in [-0.05, 0) is 39.3 Å². The van der Waals surface area contributed by atoms with Gasteiger partial charge in [0, 0.05) is 18.3 Å². The molecule has 1 aromatic heterocycles. The smallest absolute Gasteiger partial charge is 0.407 e. The first-order valence-corrected chi connectivity index (χ1v) is 7.59. The van der Waals surface area contributed by atoms with E-state index in [1.54, 1.807) is 6.20 Å². The summed E-state index contributed by atoms with van der Waals surface area (Å²) in [6.45, 7) is 7.97. The molecule has 0 radical (unpaired) electrons. The van der Waals surface area contributed by atoms with Gasteiger partial charge in [0.05, 0.1) is 11.9 Å². The number of hydrogen-bond donors (Lipinski definition) is 1. The van der Waals surface area contributed by atoms with Crippen molar-refractivity contribution in [1.29, 1.82) is 0 Å². The second kappa shape index (κ2) is 7.13. The highest BCUT2D eigenvalue weighted by Gasteiger charge is 2.14. The molecule has 2 rings (SSSR count). The number of benzene rings is 1. The van der Waals surface area contributed by atoms with Gasteiger partial charge in [-0.3, -0.25) is 0 Å². The highest BCUT2D eigenvalue weighted by molar-refractivity contribution is 5.68. The summed E-state index contributed by atoms with van der Waals surface area (Å²) in [4.78, 5) is 11.5. The summed E-state index contributed by atoms with van der Waals surface area (Å²) in [6, 6.07) is 8.08. The van der Waals surface area contributed by atoms with Crippen LogP contribution in [0.15, 0.2) is 42.7 Å². The minimum absolute atomic E-state index is 0.407. The average Bonchev–Trinajstić information content (AvgIpc) is 2.91. The SMILES string of the molecule is Cc1ccccc1-n1cc(C=CCNC(=O)OC(C)(C)C)cn1. The normalized spacial score (nSPS) is 11.7. The molecule has 5 heteroatoms. The Bertz CT molecular complexity index is 696. The second-order valence-electron chi connectivity index (χ2n) is 6.29. The molecular weight excluding hydrogens is 290 g/mol. The maximum Gasteiger partial charge on any atom is 0.407 e. The summed E-state index contributed by atoms with van der Waals surface area (Å²) in [6.07, 6.45) is 7.10. The Morgan fingerprint density at radius 3 is 2.78 bits per heavy atom. The van der Waals surface area contributed by atoms with Crippen LogP contribution >= 0.6 is 0 Å². The quantitative estimate of drug-likeness (QED) is 0.936. The van der Waals surface area contributed by atoms with Crippen LogP contribution < -0.4 is 5.32 Å². The van der Waals surface area contributed by atoms with Crippen molar-refractivity contribution in [3.63, 3.8) is 0 Å². The van der Waals surface area contributed by atoms with Gasteiger partial charge in [-0.15, -0.1) is 0 Å². The molecule has 1 aromatic carbocycles. The summed E-state index contributed by atoms with van der Waals surface area (Å²) in [5, 5.41) is 7.04. The highest BCUT2D eigenvalue weighted by atomic mass is 16.6. The van der Waals surface area contributed by atoms with E-state index in [1.165, 1.54) is 0 Å². The van der Waals surface area contributed by atoms with Crippen molar-refractivity contribution in [2.24, 2.45) is 0 Å². The lowest BCUT2D eigenvalue weighted by atomic mass is 10.2. The molecule has 122 valence electrons. The highest BCUT2D eigenvalue weighted by Crippen LogP contribution is 2.13. The van der Waals surface area contributed by atoms with E-state index in [2.05, 4.69) is 23.4 Å². The Kier molecular flexibility index (Phi) is 5.21. The molecule has 0 saturated carbocycles. The van der Waals surface area contributed by atoms with E-state index in [9.17, 15) is 4.79 Å².